The molecule has 0 aliphatic rings. The standard InChI is InChI=1S/C19H14F2O5S/c1-11-9-16(22)19(26-17-10-13(20)5-8-15(17)21)18(25-11)12-3-6-14(7-4-12)27(2,23)24/h3-10H,1-2H3. The highest BCUT2D eigenvalue weighted by Crippen LogP contribution is 2.33. The molecule has 0 unspecified atom stereocenters. The summed E-state index contributed by atoms with van der Waals surface area (Å²) >= 11 is 0. The molecule has 1 heterocycles. The van der Waals surface area contributed by atoms with Gasteiger partial charge in [-0.25, -0.2) is 17.2 Å². The molecule has 27 heavy (non-hydrogen) atoms. The average Bonchev–Trinajstić information content (AvgIpc) is 2.59. The van der Waals surface area contributed by atoms with Gasteiger partial charge in [-0.1, -0.05) is 0 Å². The summed E-state index contributed by atoms with van der Waals surface area (Å²) in [6, 6.07) is 9.32. The molecular weight excluding hydrogens is 378 g/mol. The highest BCUT2D eigenvalue weighted by atomic mass is 32.2. The van der Waals surface area contributed by atoms with E-state index >= 15 is 0 Å². The molecule has 0 spiro atoms. The minimum absolute atomic E-state index is 0.0243. The molecule has 3 rings (SSSR count). The van der Waals surface area contributed by atoms with Crippen LogP contribution in [0.2, 0.25) is 0 Å². The number of halogens is 2. The number of ether oxygens (including phenoxy) is 1. The lowest BCUT2D eigenvalue weighted by Crippen LogP contribution is -2.07. The van der Waals surface area contributed by atoms with Crippen molar-refractivity contribution in [1.82, 2.24) is 0 Å². The van der Waals surface area contributed by atoms with Gasteiger partial charge in [-0.05, 0) is 43.3 Å². The van der Waals surface area contributed by atoms with E-state index in [1.165, 1.54) is 24.3 Å². The molecule has 0 saturated carbocycles. The zero-order chi connectivity index (χ0) is 19.8. The summed E-state index contributed by atoms with van der Waals surface area (Å²) in [7, 11) is -3.40. The van der Waals surface area contributed by atoms with Gasteiger partial charge in [-0.2, -0.15) is 0 Å². The van der Waals surface area contributed by atoms with Crippen molar-refractivity contribution in [3.05, 3.63) is 76.1 Å². The fraction of sp³-hybridized carbons (Fsp3) is 0.105. The first-order valence-corrected chi connectivity index (χ1v) is 9.62. The summed E-state index contributed by atoms with van der Waals surface area (Å²) in [6.07, 6.45) is 1.07. The lowest BCUT2D eigenvalue weighted by Gasteiger charge is -2.11. The maximum atomic E-state index is 13.9. The van der Waals surface area contributed by atoms with E-state index in [4.69, 9.17) is 9.15 Å². The monoisotopic (exact) mass is 392 g/mol. The SMILES string of the molecule is Cc1cc(=O)c(Oc2cc(F)ccc2F)c(-c2ccc(S(C)(=O)=O)cc2)o1. The number of benzene rings is 2. The van der Waals surface area contributed by atoms with Gasteiger partial charge in [0.05, 0.1) is 4.90 Å². The van der Waals surface area contributed by atoms with Crippen molar-refractivity contribution in [2.45, 2.75) is 11.8 Å². The topological polar surface area (TPSA) is 73.6 Å². The normalized spacial score (nSPS) is 11.4. The number of aryl methyl sites for hydroxylation is 1. The number of rotatable bonds is 4. The minimum atomic E-state index is -3.40. The Morgan fingerprint density at radius 2 is 1.67 bits per heavy atom. The lowest BCUT2D eigenvalue weighted by atomic mass is 10.1. The Morgan fingerprint density at radius 1 is 1.00 bits per heavy atom. The largest absolute Gasteiger partial charge is 0.457 e. The maximum Gasteiger partial charge on any atom is 0.228 e. The Labute approximate surface area is 153 Å². The molecule has 0 radical (unpaired) electrons. The lowest BCUT2D eigenvalue weighted by molar-refractivity contribution is 0.411. The molecule has 8 heteroatoms. The van der Waals surface area contributed by atoms with Crippen molar-refractivity contribution in [2.24, 2.45) is 0 Å². The summed E-state index contributed by atoms with van der Waals surface area (Å²) in [5, 5.41) is 0. The van der Waals surface area contributed by atoms with Gasteiger partial charge in [0, 0.05) is 24.0 Å². The second-order valence-corrected chi connectivity index (χ2v) is 7.87. The fourth-order valence-electron chi connectivity index (χ4n) is 2.40. The molecule has 0 saturated heterocycles. The zero-order valence-corrected chi connectivity index (χ0v) is 15.1. The average molecular weight is 392 g/mol. The van der Waals surface area contributed by atoms with E-state index in [1.807, 2.05) is 0 Å². The second kappa shape index (κ2) is 6.96. The summed E-state index contributed by atoms with van der Waals surface area (Å²) < 4.78 is 61.3. The van der Waals surface area contributed by atoms with Gasteiger partial charge in [0.15, 0.2) is 27.2 Å². The molecule has 0 fully saturated rings. The minimum Gasteiger partial charge on any atom is -0.457 e. The number of hydrogen-bond donors (Lipinski definition) is 0. The smallest absolute Gasteiger partial charge is 0.228 e. The van der Waals surface area contributed by atoms with Crippen LogP contribution in [0.5, 0.6) is 11.5 Å². The van der Waals surface area contributed by atoms with Crippen LogP contribution in [0.3, 0.4) is 0 Å². The van der Waals surface area contributed by atoms with Crippen molar-refractivity contribution in [3.8, 4) is 22.8 Å². The van der Waals surface area contributed by atoms with Crippen LogP contribution in [0, 0.1) is 18.6 Å². The van der Waals surface area contributed by atoms with Crippen LogP contribution in [0.1, 0.15) is 5.76 Å². The molecule has 1 aromatic heterocycles. The summed E-state index contributed by atoms with van der Waals surface area (Å²) in [4.78, 5) is 12.4. The Bertz CT molecular complexity index is 1170. The van der Waals surface area contributed by atoms with Crippen molar-refractivity contribution in [2.75, 3.05) is 6.26 Å². The third-order valence-corrected chi connectivity index (χ3v) is 4.81. The highest BCUT2D eigenvalue weighted by molar-refractivity contribution is 7.90. The van der Waals surface area contributed by atoms with Gasteiger partial charge in [-0.15, -0.1) is 0 Å². The van der Waals surface area contributed by atoms with E-state index < -0.39 is 32.6 Å². The predicted molar refractivity (Wildman–Crippen MR) is 94.7 cm³/mol. The van der Waals surface area contributed by atoms with Crippen molar-refractivity contribution in [3.63, 3.8) is 0 Å². The van der Waals surface area contributed by atoms with Crippen LogP contribution in [0.4, 0.5) is 8.78 Å². The Balaban J connectivity index is 2.13. The molecule has 5 nitrogen and oxygen atoms in total. The first kappa shape index (κ1) is 18.8. The first-order valence-electron chi connectivity index (χ1n) is 7.73. The highest BCUT2D eigenvalue weighted by Gasteiger charge is 2.18. The van der Waals surface area contributed by atoms with E-state index in [0.29, 0.717) is 5.56 Å². The maximum absolute atomic E-state index is 13.9. The van der Waals surface area contributed by atoms with Crippen LogP contribution in [0.15, 0.2) is 62.6 Å². The Morgan fingerprint density at radius 3 is 2.30 bits per heavy atom. The predicted octanol–water partition coefficient (Wildman–Crippen LogP) is 4.09. The van der Waals surface area contributed by atoms with Gasteiger partial charge in [0.25, 0.3) is 0 Å². The van der Waals surface area contributed by atoms with Gasteiger partial charge < -0.3 is 9.15 Å². The molecule has 140 valence electrons. The second-order valence-electron chi connectivity index (χ2n) is 5.85. The third-order valence-electron chi connectivity index (χ3n) is 3.68. The molecule has 0 bridgehead atoms. The Kier molecular flexibility index (Phi) is 4.84. The Hall–Kier alpha value is -3.00. The van der Waals surface area contributed by atoms with E-state index in [9.17, 15) is 22.0 Å². The number of hydrogen-bond acceptors (Lipinski definition) is 5. The third kappa shape index (κ3) is 4.06. The van der Waals surface area contributed by atoms with Crippen LogP contribution in [-0.4, -0.2) is 14.7 Å². The van der Waals surface area contributed by atoms with Crippen LogP contribution in [-0.2, 0) is 9.84 Å². The van der Waals surface area contributed by atoms with Gasteiger partial charge >= 0.3 is 0 Å². The molecule has 0 N–H and O–H groups in total. The molecule has 2 aromatic carbocycles. The van der Waals surface area contributed by atoms with Crippen LogP contribution >= 0.6 is 0 Å². The molecule has 0 atom stereocenters. The van der Waals surface area contributed by atoms with E-state index in [0.717, 1.165) is 30.5 Å². The molecule has 3 aromatic rings. The molecular formula is C19H14F2O5S. The molecule has 0 aliphatic carbocycles. The molecule has 0 amide bonds. The van der Waals surface area contributed by atoms with Gasteiger partial charge in [0.2, 0.25) is 11.2 Å². The quantitative estimate of drug-likeness (QED) is 0.669. The summed E-state index contributed by atoms with van der Waals surface area (Å²) in [5.74, 6) is -2.15. The van der Waals surface area contributed by atoms with E-state index in [2.05, 4.69) is 0 Å². The summed E-state index contributed by atoms with van der Waals surface area (Å²) in [6.45, 7) is 1.54. The fourth-order valence-corrected chi connectivity index (χ4v) is 3.03. The summed E-state index contributed by atoms with van der Waals surface area (Å²) in [5.41, 5.74) is -0.250. The van der Waals surface area contributed by atoms with E-state index in [-0.39, 0.29) is 22.2 Å². The van der Waals surface area contributed by atoms with Crippen molar-refractivity contribution in [1.29, 1.82) is 0 Å². The van der Waals surface area contributed by atoms with Crippen LogP contribution in [0.25, 0.3) is 11.3 Å². The zero-order valence-electron chi connectivity index (χ0n) is 14.3. The number of sulfone groups is 1. The van der Waals surface area contributed by atoms with Crippen LogP contribution < -0.4 is 10.2 Å². The van der Waals surface area contributed by atoms with Crippen molar-refractivity contribution < 1.29 is 26.4 Å². The van der Waals surface area contributed by atoms with Crippen molar-refractivity contribution >= 4 is 9.84 Å². The first-order chi connectivity index (χ1) is 12.6. The van der Waals surface area contributed by atoms with Gasteiger partial charge in [0.1, 0.15) is 11.6 Å². The molecule has 0 aliphatic heterocycles. The van der Waals surface area contributed by atoms with Gasteiger partial charge in [-0.3, -0.25) is 4.79 Å². The van der Waals surface area contributed by atoms with E-state index in [1.54, 1.807) is 6.92 Å².